The summed E-state index contributed by atoms with van der Waals surface area (Å²) in [7, 11) is 0. The summed E-state index contributed by atoms with van der Waals surface area (Å²) in [5, 5.41) is 14.5. The lowest BCUT2D eigenvalue weighted by Gasteiger charge is -2.19. The summed E-state index contributed by atoms with van der Waals surface area (Å²) in [5.74, 6) is 0.548. The van der Waals surface area contributed by atoms with Crippen LogP contribution in [0.3, 0.4) is 0 Å². The van der Waals surface area contributed by atoms with Gasteiger partial charge in [-0.15, -0.1) is 0 Å². The van der Waals surface area contributed by atoms with E-state index in [4.69, 9.17) is 5.73 Å². The van der Waals surface area contributed by atoms with Crippen molar-refractivity contribution in [2.45, 2.75) is 19.4 Å². The van der Waals surface area contributed by atoms with Gasteiger partial charge in [-0.05, 0) is 19.9 Å². The lowest BCUT2D eigenvalue weighted by Crippen LogP contribution is -2.39. The summed E-state index contributed by atoms with van der Waals surface area (Å²) < 4.78 is 0. The summed E-state index contributed by atoms with van der Waals surface area (Å²) in [4.78, 5) is 18.5. The fraction of sp³-hybridized carbons (Fsp3) is 0.333. The molecule has 7 heteroatoms. The van der Waals surface area contributed by atoms with E-state index in [-0.39, 0.29) is 5.69 Å². The molecule has 0 spiro atoms. The molecule has 0 radical (unpaired) electrons. The van der Waals surface area contributed by atoms with Crippen LogP contribution in [-0.2, 0) is 0 Å². The third kappa shape index (κ3) is 3.14. The van der Waals surface area contributed by atoms with Gasteiger partial charge < -0.3 is 11.1 Å². The standard InChI is InChI=1S/C12H15N5O2/c1-12(2,13)6-14-11-9-5-8(17(18)19)3-4-10(9)15-7-16-11/h3-5,7H,6,13H2,1-2H3,(H,14,15,16). The Morgan fingerprint density at radius 1 is 1.42 bits per heavy atom. The third-order valence-corrected chi connectivity index (χ3v) is 2.54. The number of hydrogen-bond donors (Lipinski definition) is 2. The second-order valence-electron chi connectivity index (χ2n) is 5.02. The van der Waals surface area contributed by atoms with Crippen LogP contribution in [0.1, 0.15) is 13.8 Å². The Balaban J connectivity index is 2.42. The van der Waals surface area contributed by atoms with E-state index in [1.54, 1.807) is 6.07 Å². The summed E-state index contributed by atoms with van der Waals surface area (Å²) in [6.07, 6.45) is 1.42. The van der Waals surface area contributed by atoms with Crippen molar-refractivity contribution in [3.05, 3.63) is 34.6 Å². The number of anilines is 1. The highest BCUT2D eigenvalue weighted by molar-refractivity contribution is 5.90. The predicted molar refractivity (Wildman–Crippen MR) is 72.9 cm³/mol. The van der Waals surface area contributed by atoms with Crippen LogP contribution in [0.5, 0.6) is 0 Å². The van der Waals surface area contributed by atoms with Crippen LogP contribution in [-0.4, -0.2) is 27.0 Å². The number of benzene rings is 1. The van der Waals surface area contributed by atoms with E-state index in [1.165, 1.54) is 18.5 Å². The highest BCUT2D eigenvalue weighted by Gasteiger charge is 2.14. The number of rotatable bonds is 4. The Morgan fingerprint density at radius 2 is 2.16 bits per heavy atom. The lowest BCUT2D eigenvalue weighted by molar-refractivity contribution is -0.384. The Labute approximate surface area is 110 Å². The molecule has 1 aromatic heterocycles. The van der Waals surface area contributed by atoms with E-state index in [2.05, 4.69) is 15.3 Å². The van der Waals surface area contributed by atoms with Crippen LogP contribution in [0.4, 0.5) is 11.5 Å². The van der Waals surface area contributed by atoms with Crippen molar-refractivity contribution in [3.8, 4) is 0 Å². The summed E-state index contributed by atoms with van der Waals surface area (Å²) in [6.45, 7) is 4.26. The molecule has 0 aliphatic carbocycles. The number of fused-ring (bicyclic) bond motifs is 1. The first kappa shape index (κ1) is 13.2. The number of nitrogens with one attached hydrogen (secondary N) is 1. The molecule has 7 nitrogen and oxygen atoms in total. The monoisotopic (exact) mass is 261 g/mol. The maximum atomic E-state index is 10.8. The molecule has 19 heavy (non-hydrogen) atoms. The minimum Gasteiger partial charge on any atom is -0.368 e. The maximum Gasteiger partial charge on any atom is 0.270 e. The van der Waals surface area contributed by atoms with Gasteiger partial charge in [-0.25, -0.2) is 9.97 Å². The molecular formula is C12H15N5O2. The molecular weight excluding hydrogens is 246 g/mol. The van der Waals surface area contributed by atoms with Crippen molar-refractivity contribution >= 4 is 22.4 Å². The van der Waals surface area contributed by atoms with Crippen LogP contribution in [0.2, 0.25) is 0 Å². The molecule has 1 aromatic carbocycles. The van der Waals surface area contributed by atoms with E-state index in [1.807, 2.05) is 13.8 Å². The van der Waals surface area contributed by atoms with Crippen molar-refractivity contribution in [3.63, 3.8) is 0 Å². The van der Waals surface area contributed by atoms with Crippen molar-refractivity contribution in [2.24, 2.45) is 5.73 Å². The first-order valence-electron chi connectivity index (χ1n) is 5.79. The van der Waals surface area contributed by atoms with Crippen molar-refractivity contribution < 1.29 is 4.92 Å². The molecule has 0 aliphatic heterocycles. The second kappa shape index (κ2) is 4.77. The zero-order valence-electron chi connectivity index (χ0n) is 10.8. The molecule has 0 saturated carbocycles. The normalized spacial score (nSPS) is 11.5. The minimum absolute atomic E-state index is 0.0114. The molecule has 0 atom stereocenters. The average molecular weight is 261 g/mol. The van der Waals surface area contributed by atoms with Gasteiger partial charge in [0, 0.05) is 29.6 Å². The number of nitro groups is 1. The quantitative estimate of drug-likeness (QED) is 0.640. The van der Waals surface area contributed by atoms with E-state index in [0.717, 1.165) is 0 Å². The highest BCUT2D eigenvalue weighted by atomic mass is 16.6. The Kier molecular flexibility index (Phi) is 3.30. The van der Waals surface area contributed by atoms with E-state index in [0.29, 0.717) is 23.3 Å². The fourth-order valence-electron chi connectivity index (χ4n) is 1.61. The number of nitro benzene ring substituents is 1. The minimum atomic E-state index is -0.441. The van der Waals surface area contributed by atoms with Gasteiger partial charge in [0.25, 0.3) is 5.69 Å². The number of aromatic nitrogens is 2. The van der Waals surface area contributed by atoms with Gasteiger partial charge in [-0.2, -0.15) is 0 Å². The third-order valence-electron chi connectivity index (χ3n) is 2.54. The molecule has 2 rings (SSSR count). The summed E-state index contributed by atoms with van der Waals surface area (Å²) in [6, 6.07) is 4.49. The zero-order valence-corrected chi connectivity index (χ0v) is 10.8. The first-order valence-corrected chi connectivity index (χ1v) is 5.79. The van der Waals surface area contributed by atoms with Crippen LogP contribution in [0.15, 0.2) is 24.5 Å². The van der Waals surface area contributed by atoms with Crippen LogP contribution in [0, 0.1) is 10.1 Å². The fourth-order valence-corrected chi connectivity index (χ4v) is 1.61. The average Bonchev–Trinajstić information content (AvgIpc) is 2.34. The molecule has 0 bridgehead atoms. The molecule has 2 aromatic rings. The van der Waals surface area contributed by atoms with E-state index < -0.39 is 10.5 Å². The first-order chi connectivity index (χ1) is 8.87. The van der Waals surface area contributed by atoms with E-state index >= 15 is 0 Å². The van der Waals surface area contributed by atoms with Crippen molar-refractivity contribution in [2.75, 3.05) is 11.9 Å². The molecule has 0 saturated heterocycles. The smallest absolute Gasteiger partial charge is 0.270 e. The molecule has 0 fully saturated rings. The second-order valence-corrected chi connectivity index (χ2v) is 5.02. The van der Waals surface area contributed by atoms with Crippen LogP contribution < -0.4 is 11.1 Å². The van der Waals surface area contributed by atoms with Gasteiger partial charge in [0.05, 0.1) is 10.4 Å². The van der Waals surface area contributed by atoms with Gasteiger partial charge in [0.1, 0.15) is 12.1 Å². The zero-order chi connectivity index (χ0) is 14.0. The Bertz CT molecular complexity index is 621. The Hall–Kier alpha value is -2.28. The molecule has 0 amide bonds. The largest absolute Gasteiger partial charge is 0.368 e. The van der Waals surface area contributed by atoms with E-state index in [9.17, 15) is 10.1 Å². The molecule has 3 N–H and O–H groups in total. The van der Waals surface area contributed by atoms with Crippen molar-refractivity contribution in [1.29, 1.82) is 0 Å². The van der Waals surface area contributed by atoms with Gasteiger partial charge in [-0.3, -0.25) is 10.1 Å². The predicted octanol–water partition coefficient (Wildman–Crippen LogP) is 1.69. The molecule has 0 aliphatic rings. The van der Waals surface area contributed by atoms with Gasteiger partial charge in [-0.1, -0.05) is 0 Å². The maximum absolute atomic E-state index is 10.8. The van der Waals surface area contributed by atoms with Gasteiger partial charge >= 0.3 is 0 Å². The lowest BCUT2D eigenvalue weighted by atomic mass is 10.1. The summed E-state index contributed by atoms with van der Waals surface area (Å²) in [5.41, 5.74) is 6.15. The topological polar surface area (TPSA) is 107 Å². The van der Waals surface area contributed by atoms with Crippen LogP contribution in [0.25, 0.3) is 10.9 Å². The van der Waals surface area contributed by atoms with Gasteiger partial charge in [0.15, 0.2) is 0 Å². The Morgan fingerprint density at radius 3 is 2.79 bits per heavy atom. The number of nitrogens with two attached hydrogens (primary N) is 1. The SMILES string of the molecule is CC(C)(N)CNc1ncnc2ccc([N+](=O)[O-])cc12. The number of hydrogen-bond acceptors (Lipinski definition) is 6. The highest BCUT2D eigenvalue weighted by Crippen LogP contribution is 2.24. The molecule has 1 heterocycles. The number of nitrogens with zero attached hydrogens (tertiary/aromatic N) is 3. The van der Waals surface area contributed by atoms with Crippen LogP contribution >= 0.6 is 0 Å². The molecule has 0 unspecified atom stereocenters. The van der Waals surface area contributed by atoms with Crippen molar-refractivity contribution in [1.82, 2.24) is 9.97 Å². The molecule has 100 valence electrons. The van der Waals surface area contributed by atoms with Gasteiger partial charge in [0.2, 0.25) is 0 Å². The summed E-state index contributed by atoms with van der Waals surface area (Å²) >= 11 is 0. The number of non-ortho nitro benzene ring substituents is 1.